The fourth-order valence-corrected chi connectivity index (χ4v) is 2.97. The van der Waals surface area contributed by atoms with Crippen molar-refractivity contribution in [2.75, 3.05) is 26.7 Å². The Labute approximate surface area is 126 Å². The smallest absolute Gasteiger partial charge is 0.251 e. The van der Waals surface area contributed by atoms with E-state index >= 15 is 0 Å². The first-order chi connectivity index (χ1) is 10.2. The Morgan fingerprint density at radius 1 is 1.29 bits per heavy atom. The molecule has 1 heterocycles. The minimum Gasteiger partial charge on any atom is -0.380 e. The van der Waals surface area contributed by atoms with E-state index in [0.717, 1.165) is 36.6 Å². The molecule has 0 radical (unpaired) electrons. The second-order valence-corrected chi connectivity index (χ2v) is 6.29. The quantitative estimate of drug-likeness (QED) is 0.871. The number of rotatable bonds is 6. The third kappa shape index (κ3) is 4.05. The number of amides is 1. The lowest BCUT2D eigenvalue weighted by Crippen LogP contribution is -2.37. The van der Waals surface area contributed by atoms with Crippen LogP contribution in [-0.4, -0.2) is 43.6 Å². The minimum atomic E-state index is 0.0391. The molecular formula is C17H24N2O2. The highest BCUT2D eigenvalue weighted by Gasteiger charge is 2.29. The zero-order valence-electron chi connectivity index (χ0n) is 12.7. The van der Waals surface area contributed by atoms with E-state index in [-0.39, 0.29) is 5.91 Å². The summed E-state index contributed by atoms with van der Waals surface area (Å²) in [6.07, 6.45) is 3.85. The lowest BCUT2D eigenvalue weighted by Gasteiger charge is -2.16. The van der Waals surface area contributed by atoms with E-state index in [1.807, 2.05) is 24.3 Å². The van der Waals surface area contributed by atoms with Gasteiger partial charge in [0.05, 0.1) is 6.61 Å². The first kappa shape index (κ1) is 14.5. The molecule has 21 heavy (non-hydrogen) atoms. The normalized spacial score (nSPS) is 22.4. The molecule has 1 atom stereocenters. The summed E-state index contributed by atoms with van der Waals surface area (Å²) in [6, 6.07) is 7.95. The Balaban J connectivity index is 1.49. The highest BCUT2D eigenvalue weighted by atomic mass is 16.5. The van der Waals surface area contributed by atoms with Gasteiger partial charge in [-0.1, -0.05) is 12.1 Å². The van der Waals surface area contributed by atoms with Gasteiger partial charge in [0.1, 0.15) is 0 Å². The summed E-state index contributed by atoms with van der Waals surface area (Å²) < 4.78 is 5.08. The van der Waals surface area contributed by atoms with Gasteiger partial charge in [0.15, 0.2) is 0 Å². The summed E-state index contributed by atoms with van der Waals surface area (Å²) >= 11 is 0. The average Bonchev–Trinajstić information content (AvgIpc) is 3.19. The van der Waals surface area contributed by atoms with E-state index in [4.69, 9.17) is 4.74 Å². The summed E-state index contributed by atoms with van der Waals surface area (Å²) in [4.78, 5) is 14.7. The van der Waals surface area contributed by atoms with Crippen LogP contribution in [0.15, 0.2) is 24.3 Å². The molecule has 1 aliphatic carbocycles. The van der Waals surface area contributed by atoms with E-state index in [2.05, 4.69) is 10.2 Å². The fraction of sp³-hybridized carbons (Fsp3) is 0.588. The standard InChI is InChI=1S/C17H24N2O2/c1-21-12-14-4-6-15(7-5-14)17(20)18-16-8-9-19(11-16)10-13-2-3-13/h4-7,13,16H,2-3,8-12H2,1H3,(H,18,20). The van der Waals surface area contributed by atoms with E-state index in [9.17, 15) is 4.79 Å². The number of hydrogen-bond donors (Lipinski definition) is 1. The molecule has 1 aromatic rings. The molecule has 1 unspecified atom stereocenters. The lowest BCUT2D eigenvalue weighted by atomic mass is 10.1. The molecule has 3 rings (SSSR count). The van der Waals surface area contributed by atoms with Crippen molar-refractivity contribution in [3.63, 3.8) is 0 Å². The first-order valence-corrected chi connectivity index (χ1v) is 7.85. The van der Waals surface area contributed by atoms with Crippen molar-refractivity contribution in [1.82, 2.24) is 10.2 Å². The van der Waals surface area contributed by atoms with Crippen molar-refractivity contribution in [1.29, 1.82) is 0 Å². The van der Waals surface area contributed by atoms with Crippen LogP contribution in [0.25, 0.3) is 0 Å². The predicted octanol–water partition coefficient (Wildman–Crippen LogP) is 2.05. The Bertz CT molecular complexity index is 482. The topological polar surface area (TPSA) is 41.6 Å². The number of hydrogen-bond acceptors (Lipinski definition) is 3. The molecule has 0 spiro atoms. The number of benzene rings is 1. The number of ether oxygens (including phenoxy) is 1. The molecule has 1 saturated heterocycles. The van der Waals surface area contributed by atoms with Crippen LogP contribution in [-0.2, 0) is 11.3 Å². The number of carbonyl (C=O) groups is 1. The molecule has 2 aliphatic rings. The SMILES string of the molecule is COCc1ccc(C(=O)NC2CCN(CC3CC3)C2)cc1. The molecule has 1 amide bonds. The summed E-state index contributed by atoms with van der Waals surface area (Å²) in [7, 11) is 1.67. The van der Waals surface area contributed by atoms with Gasteiger partial charge in [-0.2, -0.15) is 0 Å². The molecule has 1 saturated carbocycles. The van der Waals surface area contributed by atoms with Crippen LogP contribution in [0.4, 0.5) is 0 Å². The summed E-state index contributed by atoms with van der Waals surface area (Å²) in [5.41, 5.74) is 1.82. The summed E-state index contributed by atoms with van der Waals surface area (Å²) in [5.74, 6) is 0.963. The van der Waals surface area contributed by atoms with E-state index in [1.165, 1.54) is 19.4 Å². The first-order valence-electron chi connectivity index (χ1n) is 7.85. The van der Waals surface area contributed by atoms with Gasteiger partial charge in [0, 0.05) is 38.3 Å². The van der Waals surface area contributed by atoms with Gasteiger partial charge in [-0.05, 0) is 42.9 Å². The maximum atomic E-state index is 12.3. The molecule has 2 fully saturated rings. The van der Waals surface area contributed by atoms with Crippen LogP contribution in [0.2, 0.25) is 0 Å². The molecule has 4 nitrogen and oxygen atoms in total. The van der Waals surface area contributed by atoms with E-state index < -0.39 is 0 Å². The molecule has 1 aliphatic heterocycles. The van der Waals surface area contributed by atoms with Crippen molar-refractivity contribution in [2.45, 2.75) is 31.9 Å². The second kappa shape index (κ2) is 6.58. The molecule has 0 bridgehead atoms. The van der Waals surface area contributed by atoms with Gasteiger partial charge in [0.2, 0.25) is 0 Å². The number of nitrogens with one attached hydrogen (secondary N) is 1. The minimum absolute atomic E-state index is 0.0391. The largest absolute Gasteiger partial charge is 0.380 e. The number of likely N-dealkylation sites (tertiary alicyclic amines) is 1. The molecule has 0 aromatic heterocycles. The third-order valence-corrected chi connectivity index (χ3v) is 4.35. The van der Waals surface area contributed by atoms with Crippen LogP contribution < -0.4 is 5.32 Å². The predicted molar refractivity (Wildman–Crippen MR) is 82.2 cm³/mol. The van der Waals surface area contributed by atoms with Crippen molar-refractivity contribution in [3.05, 3.63) is 35.4 Å². The molecule has 1 aromatic carbocycles. The third-order valence-electron chi connectivity index (χ3n) is 4.35. The van der Waals surface area contributed by atoms with Crippen molar-refractivity contribution in [2.24, 2.45) is 5.92 Å². The number of nitrogens with zero attached hydrogens (tertiary/aromatic N) is 1. The highest BCUT2D eigenvalue weighted by molar-refractivity contribution is 5.94. The van der Waals surface area contributed by atoms with Crippen molar-refractivity contribution >= 4 is 5.91 Å². The van der Waals surface area contributed by atoms with Gasteiger partial charge in [0.25, 0.3) is 5.91 Å². The molecule has 4 heteroatoms. The monoisotopic (exact) mass is 288 g/mol. The number of methoxy groups -OCH3 is 1. The van der Waals surface area contributed by atoms with Crippen LogP contribution in [0.3, 0.4) is 0 Å². The van der Waals surface area contributed by atoms with Crippen molar-refractivity contribution < 1.29 is 9.53 Å². The molecule has 1 N–H and O–H groups in total. The lowest BCUT2D eigenvalue weighted by molar-refractivity contribution is 0.0937. The van der Waals surface area contributed by atoms with Gasteiger partial charge in [-0.25, -0.2) is 0 Å². The van der Waals surface area contributed by atoms with Crippen LogP contribution >= 0.6 is 0 Å². The zero-order chi connectivity index (χ0) is 14.7. The van der Waals surface area contributed by atoms with E-state index in [0.29, 0.717) is 12.6 Å². The average molecular weight is 288 g/mol. The zero-order valence-corrected chi connectivity index (χ0v) is 12.7. The van der Waals surface area contributed by atoms with Crippen molar-refractivity contribution in [3.8, 4) is 0 Å². The Morgan fingerprint density at radius 3 is 2.71 bits per heavy atom. The van der Waals surface area contributed by atoms with Gasteiger partial charge >= 0.3 is 0 Å². The summed E-state index contributed by atoms with van der Waals surface area (Å²) in [6.45, 7) is 3.93. The Kier molecular flexibility index (Phi) is 4.56. The van der Waals surface area contributed by atoms with Crippen LogP contribution in [0.5, 0.6) is 0 Å². The fourth-order valence-electron chi connectivity index (χ4n) is 2.97. The second-order valence-electron chi connectivity index (χ2n) is 6.29. The van der Waals surface area contributed by atoms with Gasteiger partial charge in [-0.15, -0.1) is 0 Å². The molecule has 114 valence electrons. The van der Waals surface area contributed by atoms with E-state index in [1.54, 1.807) is 7.11 Å². The van der Waals surface area contributed by atoms with Crippen LogP contribution in [0.1, 0.15) is 35.2 Å². The summed E-state index contributed by atoms with van der Waals surface area (Å²) in [5, 5.41) is 3.16. The highest BCUT2D eigenvalue weighted by Crippen LogP contribution is 2.30. The maximum Gasteiger partial charge on any atom is 0.251 e. The van der Waals surface area contributed by atoms with Crippen LogP contribution in [0, 0.1) is 5.92 Å². The van der Waals surface area contributed by atoms with Gasteiger partial charge < -0.3 is 15.0 Å². The Hall–Kier alpha value is -1.39. The van der Waals surface area contributed by atoms with Gasteiger partial charge in [-0.3, -0.25) is 4.79 Å². The number of carbonyl (C=O) groups excluding carboxylic acids is 1. The molecular weight excluding hydrogens is 264 g/mol. The Morgan fingerprint density at radius 2 is 2.05 bits per heavy atom. The maximum absolute atomic E-state index is 12.3.